The van der Waals surface area contributed by atoms with Crippen molar-refractivity contribution in [3.8, 4) is 33.6 Å². The molecule has 50 heavy (non-hydrogen) atoms. The molecule has 0 fully saturated rings. The molecule has 0 N–H and O–H groups in total. The third-order valence-electron chi connectivity index (χ3n) is 8.75. The SMILES string of the molecule is CC(C)(C)Cc1cc(-c2[c-]cccc2)ncc1[Si](C)(C)C.CC(C)c1ccnc(-c2[c-]ccc3c2oc2c(-c4ccccc4)cccc23)c1.[Ir]. The first-order valence-corrected chi connectivity index (χ1v) is 20.7. The summed E-state index contributed by atoms with van der Waals surface area (Å²) in [5.74, 6) is 0.446. The van der Waals surface area contributed by atoms with E-state index in [1.54, 1.807) is 0 Å². The number of fused-ring (bicyclic) bond motifs is 3. The van der Waals surface area contributed by atoms with E-state index in [2.05, 4.69) is 150 Å². The molecule has 0 atom stereocenters. The van der Waals surface area contributed by atoms with Crippen molar-refractivity contribution >= 4 is 35.2 Å². The molecule has 3 aromatic heterocycles. The molecule has 0 unspecified atom stereocenters. The number of rotatable bonds is 6. The zero-order valence-corrected chi connectivity index (χ0v) is 33.8. The molecule has 0 saturated carbocycles. The third kappa shape index (κ3) is 8.41. The zero-order chi connectivity index (χ0) is 34.8. The Labute approximate surface area is 312 Å². The van der Waals surface area contributed by atoms with E-state index in [9.17, 15) is 0 Å². The summed E-state index contributed by atoms with van der Waals surface area (Å²) in [6, 6.07) is 41.9. The molecule has 5 heteroatoms. The number of benzene rings is 4. The first kappa shape index (κ1) is 37.1. The molecule has 7 rings (SSSR count). The Hall–Kier alpha value is -4.15. The van der Waals surface area contributed by atoms with E-state index in [1.807, 2.05) is 36.5 Å². The molecule has 0 spiro atoms. The van der Waals surface area contributed by atoms with Gasteiger partial charge in [-0.1, -0.05) is 137 Å². The van der Waals surface area contributed by atoms with Crippen LogP contribution in [0.4, 0.5) is 0 Å². The van der Waals surface area contributed by atoms with Gasteiger partial charge in [0.1, 0.15) is 5.58 Å². The van der Waals surface area contributed by atoms with Crippen LogP contribution in [0.25, 0.3) is 55.6 Å². The van der Waals surface area contributed by atoms with E-state index in [0.717, 1.165) is 62.0 Å². The molecular weight excluding hydrogens is 805 g/mol. The second-order valence-electron chi connectivity index (χ2n) is 15.4. The molecular formula is C45H46IrN2OSi-2. The quantitative estimate of drug-likeness (QED) is 0.124. The third-order valence-corrected chi connectivity index (χ3v) is 10.8. The number of furan rings is 1. The van der Waals surface area contributed by atoms with Gasteiger partial charge in [0.25, 0.3) is 0 Å². The molecule has 0 aliphatic heterocycles. The predicted octanol–water partition coefficient (Wildman–Crippen LogP) is 11.9. The van der Waals surface area contributed by atoms with E-state index in [-0.39, 0.29) is 25.5 Å². The van der Waals surface area contributed by atoms with Crippen LogP contribution in [-0.4, -0.2) is 18.0 Å². The summed E-state index contributed by atoms with van der Waals surface area (Å²) < 4.78 is 6.45. The van der Waals surface area contributed by atoms with Crippen LogP contribution >= 0.6 is 0 Å². The Morgan fingerprint density at radius 2 is 1.48 bits per heavy atom. The molecule has 3 nitrogen and oxygen atoms in total. The zero-order valence-electron chi connectivity index (χ0n) is 30.4. The van der Waals surface area contributed by atoms with Crippen molar-refractivity contribution in [2.75, 3.05) is 0 Å². The maximum atomic E-state index is 6.45. The number of hydrogen-bond acceptors (Lipinski definition) is 3. The fourth-order valence-electron chi connectivity index (χ4n) is 6.33. The van der Waals surface area contributed by atoms with Crippen LogP contribution in [0.1, 0.15) is 51.7 Å². The van der Waals surface area contributed by atoms with Crippen molar-refractivity contribution in [2.24, 2.45) is 5.41 Å². The topological polar surface area (TPSA) is 38.9 Å². The Morgan fingerprint density at radius 3 is 2.16 bits per heavy atom. The first-order chi connectivity index (χ1) is 23.4. The summed E-state index contributed by atoms with van der Waals surface area (Å²) in [5, 5.41) is 3.70. The molecule has 0 amide bonds. The Bertz CT molecular complexity index is 2190. The molecule has 1 radical (unpaired) electrons. The molecule has 3 heterocycles. The standard InChI is InChI=1S/C26H20NO.C19H26NSi.Ir/c1-17(2)19-14-15-27-24(16-19)23-13-7-12-22-21-11-6-10-20(25(21)28-26(22)23)18-8-4-3-5-9-18;1-19(2,3)13-16-12-17(15-10-8-7-9-11-15)20-14-18(16)21(4,5)6;/h3-12,14-17H,1-2H3;7-10,12,14H,13H2,1-6H3;/q2*-1;. The number of pyridine rings is 2. The monoisotopic (exact) mass is 851 g/mol. The Morgan fingerprint density at radius 1 is 0.740 bits per heavy atom. The van der Waals surface area contributed by atoms with Crippen LogP contribution in [0.3, 0.4) is 0 Å². The molecule has 0 saturated heterocycles. The maximum absolute atomic E-state index is 6.45. The summed E-state index contributed by atoms with van der Waals surface area (Å²) in [5.41, 5.74) is 10.9. The minimum Gasteiger partial charge on any atom is -0.500 e. The van der Waals surface area contributed by atoms with Crippen molar-refractivity contribution in [3.63, 3.8) is 0 Å². The number of aromatic nitrogens is 2. The molecule has 4 aromatic carbocycles. The fraction of sp³-hybridized carbons (Fsp3) is 0.244. The molecule has 257 valence electrons. The van der Waals surface area contributed by atoms with Crippen LogP contribution in [0.5, 0.6) is 0 Å². The smallest absolute Gasteiger partial charge is 0.128 e. The van der Waals surface area contributed by atoms with Gasteiger partial charge in [0.15, 0.2) is 0 Å². The minimum absolute atomic E-state index is 0. The molecule has 0 bridgehead atoms. The van der Waals surface area contributed by atoms with Crippen LogP contribution in [0.15, 0.2) is 120 Å². The maximum Gasteiger partial charge on any atom is 0.128 e. The van der Waals surface area contributed by atoms with Crippen LogP contribution in [0.2, 0.25) is 19.6 Å². The van der Waals surface area contributed by atoms with E-state index >= 15 is 0 Å². The van der Waals surface area contributed by atoms with E-state index in [1.165, 1.54) is 16.3 Å². The largest absolute Gasteiger partial charge is 0.500 e. The van der Waals surface area contributed by atoms with Crippen molar-refractivity contribution in [3.05, 3.63) is 139 Å². The van der Waals surface area contributed by atoms with Gasteiger partial charge in [0.05, 0.1) is 13.7 Å². The van der Waals surface area contributed by atoms with Crippen molar-refractivity contribution in [1.82, 2.24) is 9.97 Å². The summed E-state index contributed by atoms with van der Waals surface area (Å²) in [6.45, 7) is 18.5. The van der Waals surface area contributed by atoms with Gasteiger partial charge in [-0.15, -0.1) is 54.1 Å². The van der Waals surface area contributed by atoms with Crippen LogP contribution in [-0.2, 0) is 26.5 Å². The number of para-hydroxylation sites is 1. The second-order valence-corrected chi connectivity index (χ2v) is 20.4. The molecule has 0 aliphatic rings. The predicted molar refractivity (Wildman–Crippen MR) is 210 cm³/mol. The van der Waals surface area contributed by atoms with Gasteiger partial charge in [0, 0.05) is 43.4 Å². The summed E-state index contributed by atoms with van der Waals surface area (Å²) in [6.07, 6.45) is 5.08. The average Bonchev–Trinajstić information content (AvgIpc) is 3.47. The second kappa shape index (κ2) is 15.4. The first-order valence-electron chi connectivity index (χ1n) is 17.2. The Balaban J connectivity index is 0.000000199. The van der Waals surface area contributed by atoms with Gasteiger partial charge in [-0.25, -0.2) is 0 Å². The van der Waals surface area contributed by atoms with E-state index in [4.69, 9.17) is 9.40 Å². The van der Waals surface area contributed by atoms with Gasteiger partial charge in [-0.05, 0) is 46.0 Å². The van der Waals surface area contributed by atoms with Crippen LogP contribution in [0, 0.1) is 17.5 Å². The van der Waals surface area contributed by atoms with E-state index in [0.29, 0.717) is 5.92 Å². The van der Waals surface area contributed by atoms with Gasteiger partial charge >= 0.3 is 0 Å². The van der Waals surface area contributed by atoms with Gasteiger partial charge in [-0.3, -0.25) is 0 Å². The van der Waals surface area contributed by atoms with Crippen molar-refractivity contribution < 1.29 is 24.5 Å². The molecule has 0 aliphatic carbocycles. The average molecular weight is 851 g/mol. The van der Waals surface area contributed by atoms with Crippen molar-refractivity contribution in [2.45, 2.75) is 66.6 Å². The normalized spacial score (nSPS) is 11.7. The van der Waals surface area contributed by atoms with E-state index < -0.39 is 8.07 Å². The Kier molecular flexibility index (Phi) is 11.4. The van der Waals surface area contributed by atoms with Crippen molar-refractivity contribution in [1.29, 1.82) is 0 Å². The summed E-state index contributed by atoms with van der Waals surface area (Å²) in [4.78, 5) is 9.31. The summed E-state index contributed by atoms with van der Waals surface area (Å²) in [7, 11) is -1.37. The number of nitrogens with zero attached hydrogens (tertiary/aromatic N) is 2. The fourth-order valence-corrected chi connectivity index (χ4v) is 7.91. The summed E-state index contributed by atoms with van der Waals surface area (Å²) >= 11 is 0. The minimum atomic E-state index is -1.37. The number of hydrogen-bond donors (Lipinski definition) is 0. The van der Waals surface area contributed by atoms with Crippen LogP contribution < -0.4 is 5.19 Å². The van der Waals surface area contributed by atoms with Gasteiger partial charge < -0.3 is 14.4 Å². The molecule has 7 aromatic rings. The van der Waals surface area contributed by atoms with Gasteiger partial charge in [-0.2, -0.15) is 0 Å². The van der Waals surface area contributed by atoms with Gasteiger partial charge in [0.2, 0.25) is 0 Å².